The highest BCUT2D eigenvalue weighted by molar-refractivity contribution is 8.77. The molecule has 0 bridgehead atoms. The zero-order valence-electron chi connectivity index (χ0n) is 4.93. The fourth-order valence-electron chi connectivity index (χ4n) is 0.755. The summed E-state index contributed by atoms with van der Waals surface area (Å²) in [4.78, 5) is 0. The first-order valence-corrected chi connectivity index (χ1v) is 5.39. The first kappa shape index (κ1) is 6.81. The molecular formula is C6H11S2. The highest BCUT2D eigenvalue weighted by atomic mass is 33.1. The van der Waals surface area contributed by atoms with Crippen molar-refractivity contribution in [2.24, 2.45) is 0 Å². The van der Waals surface area contributed by atoms with E-state index in [0.717, 1.165) is 11.7 Å². The van der Waals surface area contributed by atoms with Gasteiger partial charge in [0.25, 0.3) is 0 Å². The van der Waals surface area contributed by atoms with Gasteiger partial charge in [-0.05, 0) is 19.3 Å². The van der Waals surface area contributed by atoms with Crippen molar-refractivity contribution < 1.29 is 0 Å². The van der Waals surface area contributed by atoms with Crippen molar-refractivity contribution in [3.05, 3.63) is 6.92 Å². The Morgan fingerprint density at radius 1 is 1.62 bits per heavy atom. The van der Waals surface area contributed by atoms with Crippen LogP contribution >= 0.6 is 21.6 Å². The van der Waals surface area contributed by atoms with Crippen LogP contribution in [0.4, 0.5) is 0 Å². The van der Waals surface area contributed by atoms with E-state index in [0.29, 0.717) is 0 Å². The second-order valence-electron chi connectivity index (χ2n) is 1.97. The maximum atomic E-state index is 3.88. The molecule has 1 rings (SSSR count). The minimum Gasteiger partial charge on any atom is -0.0939 e. The first-order chi connectivity index (χ1) is 3.93. The van der Waals surface area contributed by atoms with Gasteiger partial charge in [-0.15, -0.1) is 0 Å². The fourth-order valence-corrected chi connectivity index (χ4v) is 3.48. The summed E-state index contributed by atoms with van der Waals surface area (Å²) in [6.07, 6.45) is 3.90. The summed E-state index contributed by atoms with van der Waals surface area (Å²) in [5.74, 6) is 1.35. The minimum atomic E-state index is 0.855. The summed E-state index contributed by atoms with van der Waals surface area (Å²) >= 11 is 0. The number of hydrogen-bond acceptors (Lipinski definition) is 2. The van der Waals surface area contributed by atoms with Crippen molar-refractivity contribution in [1.82, 2.24) is 0 Å². The smallest absolute Gasteiger partial charge is 0.0151 e. The van der Waals surface area contributed by atoms with E-state index in [1.165, 1.54) is 18.6 Å². The Morgan fingerprint density at radius 3 is 2.88 bits per heavy atom. The Labute approximate surface area is 59.2 Å². The van der Waals surface area contributed by atoms with Crippen molar-refractivity contribution >= 4 is 21.6 Å². The minimum absolute atomic E-state index is 0.855. The summed E-state index contributed by atoms with van der Waals surface area (Å²) in [6.45, 7) is 3.88. The van der Waals surface area contributed by atoms with Crippen molar-refractivity contribution in [2.75, 3.05) is 5.75 Å². The van der Waals surface area contributed by atoms with Crippen LogP contribution in [0.1, 0.15) is 19.3 Å². The molecule has 0 saturated carbocycles. The van der Waals surface area contributed by atoms with E-state index in [9.17, 15) is 0 Å². The topological polar surface area (TPSA) is 0 Å². The SMILES string of the molecule is [CH2]CC1CCCSS1. The van der Waals surface area contributed by atoms with Gasteiger partial charge in [-0.25, -0.2) is 0 Å². The summed E-state index contributed by atoms with van der Waals surface area (Å²) < 4.78 is 0. The monoisotopic (exact) mass is 147 g/mol. The van der Waals surface area contributed by atoms with Gasteiger partial charge in [-0.2, -0.15) is 0 Å². The molecule has 0 aromatic rings. The molecule has 0 aromatic heterocycles. The van der Waals surface area contributed by atoms with Crippen molar-refractivity contribution in [1.29, 1.82) is 0 Å². The second kappa shape index (κ2) is 3.67. The zero-order valence-corrected chi connectivity index (χ0v) is 6.56. The van der Waals surface area contributed by atoms with Gasteiger partial charge in [0.2, 0.25) is 0 Å². The average Bonchev–Trinajstić information content (AvgIpc) is 1.90. The quantitative estimate of drug-likeness (QED) is 0.523. The van der Waals surface area contributed by atoms with Gasteiger partial charge in [0.1, 0.15) is 0 Å². The molecule has 1 saturated heterocycles. The Kier molecular flexibility index (Phi) is 3.13. The second-order valence-corrected chi connectivity index (χ2v) is 4.76. The molecule has 1 fully saturated rings. The van der Waals surface area contributed by atoms with Gasteiger partial charge < -0.3 is 0 Å². The highest BCUT2D eigenvalue weighted by Crippen LogP contribution is 2.36. The van der Waals surface area contributed by atoms with Gasteiger partial charge in [0.05, 0.1) is 0 Å². The lowest BCUT2D eigenvalue weighted by Gasteiger charge is -2.17. The maximum absolute atomic E-state index is 3.88. The predicted octanol–water partition coefficient (Wildman–Crippen LogP) is 2.75. The molecule has 0 aliphatic carbocycles. The van der Waals surface area contributed by atoms with E-state index in [-0.39, 0.29) is 0 Å². The molecule has 0 spiro atoms. The van der Waals surface area contributed by atoms with Crippen molar-refractivity contribution in [2.45, 2.75) is 24.5 Å². The lowest BCUT2D eigenvalue weighted by atomic mass is 10.2. The van der Waals surface area contributed by atoms with Crippen LogP contribution in [0, 0.1) is 6.92 Å². The molecule has 1 aliphatic rings. The molecule has 1 radical (unpaired) electrons. The molecule has 0 nitrogen and oxygen atoms in total. The van der Waals surface area contributed by atoms with Gasteiger partial charge in [-0.1, -0.05) is 28.5 Å². The Morgan fingerprint density at radius 2 is 2.50 bits per heavy atom. The third-order valence-corrected chi connectivity index (χ3v) is 4.34. The van der Waals surface area contributed by atoms with E-state index in [1.54, 1.807) is 0 Å². The number of rotatable bonds is 1. The summed E-state index contributed by atoms with van der Waals surface area (Å²) in [6, 6.07) is 0. The van der Waals surface area contributed by atoms with E-state index in [2.05, 4.69) is 6.92 Å². The molecule has 47 valence electrons. The standard InChI is InChI=1S/C6H11S2/c1-2-6-4-3-5-7-8-6/h6H,1-5H2. The van der Waals surface area contributed by atoms with E-state index in [1.807, 2.05) is 21.6 Å². The van der Waals surface area contributed by atoms with Crippen molar-refractivity contribution in [3.8, 4) is 0 Å². The Hall–Kier alpha value is 0.700. The molecule has 2 heteroatoms. The van der Waals surface area contributed by atoms with E-state index in [4.69, 9.17) is 0 Å². The molecule has 0 aromatic carbocycles. The molecule has 1 unspecified atom stereocenters. The van der Waals surface area contributed by atoms with Crippen LogP contribution in [0.5, 0.6) is 0 Å². The Bertz CT molecular complexity index is 57.5. The Balaban J connectivity index is 2.13. The predicted molar refractivity (Wildman–Crippen MR) is 43.0 cm³/mol. The van der Waals surface area contributed by atoms with Crippen LogP contribution in [0.15, 0.2) is 0 Å². The largest absolute Gasteiger partial charge is 0.0939 e. The van der Waals surface area contributed by atoms with Crippen molar-refractivity contribution in [3.63, 3.8) is 0 Å². The third kappa shape index (κ3) is 1.90. The molecule has 1 atom stereocenters. The summed E-state index contributed by atoms with van der Waals surface area (Å²) in [5, 5.41) is 0.855. The highest BCUT2D eigenvalue weighted by Gasteiger charge is 2.11. The van der Waals surface area contributed by atoms with Gasteiger partial charge in [-0.3, -0.25) is 0 Å². The van der Waals surface area contributed by atoms with Crippen LogP contribution in [-0.4, -0.2) is 11.0 Å². The average molecular weight is 147 g/mol. The lowest BCUT2D eigenvalue weighted by molar-refractivity contribution is 0.749. The van der Waals surface area contributed by atoms with E-state index < -0.39 is 0 Å². The van der Waals surface area contributed by atoms with Crippen LogP contribution < -0.4 is 0 Å². The molecule has 8 heavy (non-hydrogen) atoms. The van der Waals surface area contributed by atoms with Gasteiger partial charge in [0.15, 0.2) is 0 Å². The van der Waals surface area contributed by atoms with Gasteiger partial charge >= 0.3 is 0 Å². The lowest BCUT2D eigenvalue weighted by Crippen LogP contribution is -2.03. The summed E-state index contributed by atoms with van der Waals surface area (Å²) in [7, 11) is 4.02. The first-order valence-electron chi connectivity index (χ1n) is 3.01. The molecule has 1 aliphatic heterocycles. The van der Waals surface area contributed by atoms with E-state index >= 15 is 0 Å². The van der Waals surface area contributed by atoms with Crippen LogP contribution in [0.2, 0.25) is 0 Å². The number of hydrogen-bond donors (Lipinski definition) is 0. The van der Waals surface area contributed by atoms with Crippen LogP contribution in [-0.2, 0) is 0 Å². The molecule has 1 heterocycles. The molecule has 0 amide bonds. The third-order valence-electron chi connectivity index (χ3n) is 1.28. The zero-order chi connectivity index (χ0) is 5.82. The molecule has 0 N–H and O–H groups in total. The van der Waals surface area contributed by atoms with Gasteiger partial charge in [0, 0.05) is 11.0 Å². The van der Waals surface area contributed by atoms with Crippen LogP contribution in [0.25, 0.3) is 0 Å². The normalized spacial score (nSPS) is 30.4. The molecular weight excluding hydrogens is 136 g/mol. The maximum Gasteiger partial charge on any atom is 0.0151 e. The summed E-state index contributed by atoms with van der Waals surface area (Å²) in [5.41, 5.74) is 0. The fraction of sp³-hybridized carbons (Fsp3) is 0.833. The van der Waals surface area contributed by atoms with Crippen LogP contribution in [0.3, 0.4) is 0 Å².